The lowest BCUT2D eigenvalue weighted by atomic mass is 10.3. The second kappa shape index (κ2) is 14.0. The normalized spacial score (nSPS) is 10.6. The lowest BCUT2D eigenvalue weighted by Crippen LogP contribution is -3.00. The second-order valence-electron chi connectivity index (χ2n) is 4.87. The minimum atomic E-state index is 0. The highest BCUT2D eigenvalue weighted by molar-refractivity contribution is 5.78. The zero-order valence-corrected chi connectivity index (χ0v) is 15.4. The third-order valence-corrected chi connectivity index (χ3v) is 3.03. The number of oxime groups is 2. The number of aromatic nitrogens is 2. The van der Waals surface area contributed by atoms with Crippen LogP contribution in [0.2, 0.25) is 0 Å². The lowest BCUT2D eigenvalue weighted by Gasteiger charge is -2.02. The number of pyridine rings is 2. The number of halogens is 2. The molecule has 0 aliphatic heterocycles. The van der Waals surface area contributed by atoms with Gasteiger partial charge in [-0.3, -0.25) is 0 Å². The van der Waals surface area contributed by atoms with Gasteiger partial charge in [0.1, 0.15) is 0 Å². The molecule has 0 atom stereocenters. The van der Waals surface area contributed by atoms with E-state index in [2.05, 4.69) is 10.3 Å². The average molecular weight is 403 g/mol. The molecule has 2 rings (SSSR count). The van der Waals surface area contributed by atoms with Gasteiger partial charge in [0.2, 0.25) is 0 Å². The Hall–Kier alpha value is -2.26. The quantitative estimate of drug-likeness (QED) is 0.144. The van der Waals surface area contributed by atoms with Crippen molar-refractivity contribution in [3.63, 3.8) is 0 Å². The summed E-state index contributed by atoms with van der Waals surface area (Å²) in [6.45, 7) is 1.66. The van der Waals surface area contributed by atoms with Crippen LogP contribution in [-0.2, 0) is 22.9 Å². The van der Waals surface area contributed by atoms with Crippen LogP contribution in [0.1, 0.15) is 11.1 Å². The Kier molecular flexibility index (Phi) is 12.8. The van der Waals surface area contributed by atoms with Gasteiger partial charge < -0.3 is 44.7 Å². The largest absolute Gasteiger partial charge is 1.00 e. The molecule has 10 heteroatoms. The van der Waals surface area contributed by atoms with Crippen molar-refractivity contribution in [3.05, 3.63) is 60.2 Å². The molecule has 0 saturated heterocycles. The van der Waals surface area contributed by atoms with Crippen LogP contribution in [0.3, 0.4) is 0 Å². The van der Waals surface area contributed by atoms with Crippen molar-refractivity contribution in [1.82, 2.24) is 0 Å². The first-order valence-corrected chi connectivity index (χ1v) is 7.30. The predicted molar refractivity (Wildman–Crippen MR) is 83.9 cm³/mol. The molecule has 2 aromatic heterocycles. The van der Waals surface area contributed by atoms with E-state index in [9.17, 15) is 0 Å². The van der Waals surface area contributed by atoms with Gasteiger partial charge in [0.05, 0.1) is 36.8 Å². The smallest absolute Gasteiger partial charge is 0.252 e. The summed E-state index contributed by atoms with van der Waals surface area (Å²) >= 11 is 0. The molecule has 0 radical (unpaired) electrons. The van der Waals surface area contributed by atoms with E-state index in [0.717, 1.165) is 11.1 Å². The van der Waals surface area contributed by atoms with Gasteiger partial charge in [-0.2, -0.15) is 9.13 Å². The molecular weight excluding hydrogens is 383 g/mol. The maximum absolute atomic E-state index is 8.52. The molecule has 26 heavy (non-hydrogen) atoms. The maximum Gasteiger partial charge on any atom is 0.252 e. The molecule has 2 heterocycles. The first kappa shape index (κ1) is 23.7. The van der Waals surface area contributed by atoms with Gasteiger partial charge in [0, 0.05) is 12.1 Å². The zero-order chi connectivity index (χ0) is 17.0. The zero-order valence-electron chi connectivity index (χ0n) is 13.9. The van der Waals surface area contributed by atoms with E-state index in [0.29, 0.717) is 26.7 Å². The van der Waals surface area contributed by atoms with E-state index in [-0.39, 0.29) is 24.8 Å². The summed E-state index contributed by atoms with van der Waals surface area (Å²) in [5.74, 6) is 0. The summed E-state index contributed by atoms with van der Waals surface area (Å²) < 4.78 is 14.7. The summed E-state index contributed by atoms with van der Waals surface area (Å²) in [5.41, 5.74) is 1.56. The Morgan fingerprint density at radius 3 is 1.62 bits per heavy atom. The molecule has 2 N–H and O–H groups in total. The molecule has 0 aliphatic carbocycles. The highest BCUT2D eigenvalue weighted by Crippen LogP contribution is 1.91. The summed E-state index contributed by atoms with van der Waals surface area (Å²) in [5, 5.41) is 23.0. The standard InChI is InChI=1S/C16H18N4O4.2ClH/c21-17-9-15-3-1-5-19(11-15)13-23-7-8-24-14-20-6-2-4-16(12-20)10-18-22;;/h1-6,9-12H,7-8,13-14H2;2*1H/b17-9+,18-10+;;. The number of ether oxygens (including phenoxy) is 2. The van der Waals surface area contributed by atoms with Gasteiger partial charge >= 0.3 is 0 Å². The minimum absolute atomic E-state index is 0. The van der Waals surface area contributed by atoms with Crippen molar-refractivity contribution < 1.29 is 53.8 Å². The summed E-state index contributed by atoms with van der Waals surface area (Å²) in [4.78, 5) is 0. The van der Waals surface area contributed by atoms with Crippen LogP contribution in [0.4, 0.5) is 0 Å². The topological polar surface area (TPSA) is 91.4 Å². The molecule has 0 aromatic carbocycles. The average Bonchev–Trinajstić information content (AvgIpc) is 2.59. The van der Waals surface area contributed by atoms with E-state index >= 15 is 0 Å². The molecular formula is C16H20Cl2N4O4. The number of rotatable bonds is 9. The van der Waals surface area contributed by atoms with Gasteiger partial charge in [-0.25, -0.2) is 0 Å². The third-order valence-electron chi connectivity index (χ3n) is 3.03. The van der Waals surface area contributed by atoms with Gasteiger partial charge in [0.25, 0.3) is 13.5 Å². The van der Waals surface area contributed by atoms with Crippen molar-refractivity contribution in [2.24, 2.45) is 10.3 Å². The fourth-order valence-corrected chi connectivity index (χ4v) is 1.99. The first-order chi connectivity index (χ1) is 11.8. The van der Waals surface area contributed by atoms with Crippen LogP contribution in [-0.4, -0.2) is 36.1 Å². The van der Waals surface area contributed by atoms with Gasteiger partial charge in [-0.15, -0.1) is 0 Å². The highest BCUT2D eigenvalue weighted by Gasteiger charge is 2.03. The van der Waals surface area contributed by atoms with Crippen LogP contribution in [0.25, 0.3) is 0 Å². The number of hydrogen-bond donors (Lipinski definition) is 2. The Balaban J connectivity index is 0.00000312. The molecule has 0 amide bonds. The fraction of sp³-hybridized carbons (Fsp3) is 0.250. The first-order valence-electron chi connectivity index (χ1n) is 7.30. The van der Waals surface area contributed by atoms with Gasteiger partial charge in [0.15, 0.2) is 24.8 Å². The van der Waals surface area contributed by atoms with Crippen LogP contribution in [0.5, 0.6) is 0 Å². The van der Waals surface area contributed by atoms with E-state index in [1.165, 1.54) is 12.4 Å². The Morgan fingerprint density at radius 2 is 1.23 bits per heavy atom. The third kappa shape index (κ3) is 8.72. The lowest BCUT2D eigenvalue weighted by molar-refractivity contribution is -0.737. The monoisotopic (exact) mass is 402 g/mol. The molecule has 0 unspecified atom stereocenters. The van der Waals surface area contributed by atoms with Crippen LogP contribution >= 0.6 is 0 Å². The van der Waals surface area contributed by atoms with E-state index in [4.69, 9.17) is 19.9 Å². The van der Waals surface area contributed by atoms with Crippen molar-refractivity contribution in [1.29, 1.82) is 0 Å². The second-order valence-corrected chi connectivity index (χ2v) is 4.87. The van der Waals surface area contributed by atoms with Crippen molar-refractivity contribution in [2.75, 3.05) is 13.2 Å². The van der Waals surface area contributed by atoms with E-state index < -0.39 is 0 Å². The van der Waals surface area contributed by atoms with Crippen molar-refractivity contribution in [3.8, 4) is 0 Å². The summed E-state index contributed by atoms with van der Waals surface area (Å²) in [6, 6.07) is 7.34. The highest BCUT2D eigenvalue weighted by atomic mass is 35.5. The molecule has 8 nitrogen and oxygen atoms in total. The Labute approximate surface area is 163 Å². The van der Waals surface area contributed by atoms with Gasteiger partial charge in [-0.1, -0.05) is 10.3 Å². The molecule has 142 valence electrons. The molecule has 0 saturated carbocycles. The number of nitrogens with zero attached hydrogens (tertiary/aromatic N) is 4. The van der Waals surface area contributed by atoms with E-state index in [1.54, 1.807) is 0 Å². The number of hydrogen-bond acceptors (Lipinski definition) is 6. The molecule has 2 aromatic rings. The van der Waals surface area contributed by atoms with Crippen molar-refractivity contribution >= 4 is 12.4 Å². The van der Waals surface area contributed by atoms with Crippen LogP contribution in [0, 0.1) is 0 Å². The van der Waals surface area contributed by atoms with Gasteiger partial charge in [-0.05, 0) is 12.1 Å². The molecule has 0 fully saturated rings. The molecule has 0 aliphatic rings. The van der Waals surface area contributed by atoms with E-state index in [1.807, 2.05) is 58.2 Å². The Morgan fingerprint density at radius 1 is 0.808 bits per heavy atom. The van der Waals surface area contributed by atoms with Crippen molar-refractivity contribution in [2.45, 2.75) is 13.5 Å². The van der Waals surface area contributed by atoms with Crippen LogP contribution < -0.4 is 33.9 Å². The SMILES string of the molecule is O/N=C/c1ccc[n+](COCCOC[n+]2cccc(/C=N/O)c2)c1.[Cl-].[Cl-]. The van der Waals surface area contributed by atoms with Crippen LogP contribution in [0.15, 0.2) is 59.4 Å². The Bertz CT molecular complexity index is 642. The summed E-state index contributed by atoms with van der Waals surface area (Å²) in [6.07, 6.45) is 10.0. The maximum atomic E-state index is 8.52. The molecule has 0 bridgehead atoms. The predicted octanol–water partition coefficient (Wildman–Crippen LogP) is -5.47. The fourth-order valence-electron chi connectivity index (χ4n) is 1.99. The molecule has 0 spiro atoms. The summed E-state index contributed by atoms with van der Waals surface area (Å²) in [7, 11) is 0. The minimum Gasteiger partial charge on any atom is -1.00 e.